The maximum absolute atomic E-state index is 12.6. The first-order valence-corrected chi connectivity index (χ1v) is 8.12. The molecule has 0 bridgehead atoms. The van der Waals surface area contributed by atoms with E-state index in [0.29, 0.717) is 31.1 Å². The SMILES string of the molecule is NC(CNC(=O)c1cccnc1N1CCOCC1)c1ccccc1. The van der Waals surface area contributed by atoms with Gasteiger partial charge in [0.15, 0.2) is 0 Å². The van der Waals surface area contributed by atoms with Crippen molar-refractivity contribution >= 4 is 11.7 Å². The molecular weight excluding hydrogens is 304 g/mol. The lowest BCUT2D eigenvalue weighted by molar-refractivity contribution is 0.0949. The molecule has 1 amide bonds. The van der Waals surface area contributed by atoms with Crippen LogP contribution in [0.5, 0.6) is 0 Å². The summed E-state index contributed by atoms with van der Waals surface area (Å²) in [6.07, 6.45) is 1.71. The monoisotopic (exact) mass is 326 g/mol. The summed E-state index contributed by atoms with van der Waals surface area (Å²) in [5.41, 5.74) is 7.71. The Labute approximate surface area is 141 Å². The highest BCUT2D eigenvalue weighted by Crippen LogP contribution is 2.18. The summed E-state index contributed by atoms with van der Waals surface area (Å²) in [5, 5.41) is 2.91. The van der Waals surface area contributed by atoms with E-state index in [4.69, 9.17) is 10.5 Å². The number of morpholine rings is 1. The van der Waals surface area contributed by atoms with Crippen molar-refractivity contribution in [3.05, 3.63) is 59.8 Å². The van der Waals surface area contributed by atoms with Gasteiger partial charge >= 0.3 is 0 Å². The van der Waals surface area contributed by atoms with Gasteiger partial charge in [0.2, 0.25) is 0 Å². The number of aromatic nitrogens is 1. The minimum Gasteiger partial charge on any atom is -0.378 e. The molecule has 1 aromatic heterocycles. The lowest BCUT2D eigenvalue weighted by Gasteiger charge is -2.29. The third-order valence-electron chi connectivity index (χ3n) is 4.05. The summed E-state index contributed by atoms with van der Waals surface area (Å²) in [6, 6.07) is 13.1. The zero-order valence-electron chi connectivity index (χ0n) is 13.5. The Morgan fingerprint density at radius 3 is 2.71 bits per heavy atom. The summed E-state index contributed by atoms with van der Waals surface area (Å²) < 4.78 is 5.36. The maximum Gasteiger partial charge on any atom is 0.255 e. The number of ether oxygens (including phenoxy) is 1. The van der Waals surface area contributed by atoms with E-state index in [2.05, 4.69) is 15.2 Å². The van der Waals surface area contributed by atoms with Crippen LogP contribution in [0.25, 0.3) is 0 Å². The van der Waals surface area contributed by atoms with Crippen molar-refractivity contribution in [1.29, 1.82) is 0 Å². The van der Waals surface area contributed by atoms with Crippen LogP contribution in [0, 0.1) is 0 Å². The van der Waals surface area contributed by atoms with Crippen molar-refractivity contribution < 1.29 is 9.53 Å². The normalized spacial score (nSPS) is 15.8. The van der Waals surface area contributed by atoms with Gasteiger partial charge in [0.25, 0.3) is 5.91 Å². The van der Waals surface area contributed by atoms with Crippen molar-refractivity contribution in [2.45, 2.75) is 6.04 Å². The Morgan fingerprint density at radius 2 is 1.96 bits per heavy atom. The zero-order valence-corrected chi connectivity index (χ0v) is 13.5. The van der Waals surface area contributed by atoms with Crippen LogP contribution in [0.1, 0.15) is 22.0 Å². The second kappa shape index (κ2) is 7.90. The average Bonchev–Trinajstić information content (AvgIpc) is 2.67. The maximum atomic E-state index is 12.6. The fraction of sp³-hybridized carbons (Fsp3) is 0.333. The smallest absolute Gasteiger partial charge is 0.255 e. The number of pyridine rings is 1. The van der Waals surface area contributed by atoms with E-state index in [1.54, 1.807) is 18.3 Å². The number of benzene rings is 1. The summed E-state index contributed by atoms with van der Waals surface area (Å²) in [5.74, 6) is 0.544. The highest BCUT2D eigenvalue weighted by Gasteiger charge is 2.20. The Morgan fingerprint density at radius 1 is 1.21 bits per heavy atom. The molecule has 0 radical (unpaired) electrons. The predicted octanol–water partition coefficient (Wildman–Crippen LogP) is 1.35. The molecule has 6 heteroatoms. The molecule has 1 aliphatic heterocycles. The van der Waals surface area contributed by atoms with Gasteiger partial charge in [0, 0.05) is 31.9 Å². The number of rotatable bonds is 5. The molecule has 1 aromatic carbocycles. The van der Waals surface area contributed by atoms with Crippen molar-refractivity contribution in [2.24, 2.45) is 5.73 Å². The third kappa shape index (κ3) is 3.90. The number of hydrogen-bond donors (Lipinski definition) is 2. The van der Waals surface area contributed by atoms with Crippen LogP contribution in [0.3, 0.4) is 0 Å². The van der Waals surface area contributed by atoms with Crippen molar-refractivity contribution in [3.8, 4) is 0 Å². The molecule has 1 fully saturated rings. The lowest BCUT2D eigenvalue weighted by atomic mass is 10.1. The fourth-order valence-electron chi connectivity index (χ4n) is 2.72. The van der Waals surface area contributed by atoms with Crippen LogP contribution in [-0.4, -0.2) is 43.7 Å². The van der Waals surface area contributed by atoms with E-state index in [9.17, 15) is 4.79 Å². The summed E-state index contributed by atoms with van der Waals surface area (Å²) in [6.45, 7) is 3.15. The molecule has 2 aromatic rings. The molecule has 126 valence electrons. The van der Waals surface area contributed by atoms with Gasteiger partial charge in [-0.15, -0.1) is 0 Å². The van der Waals surface area contributed by atoms with E-state index < -0.39 is 0 Å². The Hall–Kier alpha value is -2.44. The molecular formula is C18H22N4O2. The second-order valence-electron chi connectivity index (χ2n) is 5.70. The second-order valence-corrected chi connectivity index (χ2v) is 5.70. The highest BCUT2D eigenvalue weighted by atomic mass is 16.5. The van der Waals surface area contributed by atoms with Gasteiger partial charge in [-0.1, -0.05) is 30.3 Å². The first kappa shape index (κ1) is 16.4. The molecule has 0 aliphatic carbocycles. The number of nitrogens with one attached hydrogen (secondary N) is 1. The number of nitrogens with two attached hydrogens (primary N) is 1. The number of carbonyl (C=O) groups excluding carboxylic acids is 1. The van der Waals surface area contributed by atoms with E-state index in [0.717, 1.165) is 18.7 Å². The van der Waals surface area contributed by atoms with Crippen LogP contribution >= 0.6 is 0 Å². The van der Waals surface area contributed by atoms with Gasteiger partial charge in [-0.05, 0) is 17.7 Å². The fourth-order valence-corrected chi connectivity index (χ4v) is 2.72. The molecule has 2 heterocycles. The van der Waals surface area contributed by atoms with E-state index in [1.807, 2.05) is 30.3 Å². The summed E-state index contributed by atoms with van der Waals surface area (Å²) in [4.78, 5) is 19.0. The van der Waals surface area contributed by atoms with Crippen LogP contribution in [0.15, 0.2) is 48.7 Å². The van der Waals surface area contributed by atoms with E-state index in [1.165, 1.54) is 0 Å². The molecule has 1 saturated heterocycles. The van der Waals surface area contributed by atoms with Crippen LogP contribution in [0.2, 0.25) is 0 Å². The van der Waals surface area contributed by atoms with E-state index >= 15 is 0 Å². The standard InChI is InChI=1S/C18H22N4O2/c19-16(14-5-2-1-3-6-14)13-21-18(23)15-7-4-8-20-17(15)22-9-11-24-12-10-22/h1-8,16H,9-13,19H2,(H,21,23). The molecule has 24 heavy (non-hydrogen) atoms. The van der Waals surface area contributed by atoms with Gasteiger partial charge in [-0.25, -0.2) is 4.98 Å². The van der Waals surface area contributed by atoms with E-state index in [-0.39, 0.29) is 11.9 Å². The molecule has 6 nitrogen and oxygen atoms in total. The van der Waals surface area contributed by atoms with Gasteiger partial charge < -0.3 is 20.7 Å². The first-order chi connectivity index (χ1) is 11.8. The van der Waals surface area contributed by atoms with Crippen molar-refractivity contribution in [1.82, 2.24) is 10.3 Å². The lowest BCUT2D eigenvalue weighted by Crippen LogP contribution is -2.39. The molecule has 3 N–H and O–H groups in total. The molecule has 0 spiro atoms. The molecule has 1 aliphatic rings. The largest absolute Gasteiger partial charge is 0.378 e. The molecule has 0 saturated carbocycles. The summed E-state index contributed by atoms with van der Waals surface area (Å²) in [7, 11) is 0. The molecule has 3 rings (SSSR count). The predicted molar refractivity (Wildman–Crippen MR) is 93.0 cm³/mol. The van der Waals surface area contributed by atoms with Gasteiger partial charge in [-0.3, -0.25) is 4.79 Å². The van der Waals surface area contributed by atoms with Gasteiger partial charge in [0.05, 0.1) is 18.8 Å². The summed E-state index contributed by atoms with van der Waals surface area (Å²) >= 11 is 0. The van der Waals surface area contributed by atoms with Crippen molar-refractivity contribution in [2.75, 3.05) is 37.7 Å². The highest BCUT2D eigenvalue weighted by molar-refractivity contribution is 5.98. The number of amides is 1. The Bertz CT molecular complexity index is 672. The third-order valence-corrected chi connectivity index (χ3v) is 4.05. The van der Waals surface area contributed by atoms with Crippen LogP contribution < -0.4 is 16.0 Å². The first-order valence-electron chi connectivity index (χ1n) is 8.12. The minimum atomic E-state index is -0.237. The number of hydrogen-bond acceptors (Lipinski definition) is 5. The quantitative estimate of drug-likeness (QED) is 0.867. The average molecular weight is 326 g/mol. The van der Waals surface area contributed by atoms with Crippen LogP contribution in [0.4, 0.5) is 5.82 Å². The Kier molecular flexibility index (Phi) is 5.40. The van der Waals surface area contributed by atoms with Crippen LogP contribution in [-0.2, 0) is 4.74 Å². The van der Waals surface area contributed by atoms with Gasteiger partial charge in [-0.2, -0.15) is 0 Å². The minimum absolute atomic E-state index is 0.157. The molecule has 1 atom stereocenters. The van der Waals surface area contributed by atoms with Gasteiger partial charge in [0.1, 0.15) is 5.82 Å². The molecule has 1 unspecified atom stereocenters. The zero-order chi connectivity index (χ0) is 16.8. The number of nitrogens with zero attached hydrogens (tertiary/aromatic N) is 2. The topological polar surface area (TPSA) is 80.5 Å². The van der Waals surface area contributed by atoms with Crippen molar-refractivity contribution in [3.63, 3.8) is 0 Å². The Balaban J connectivity index is 1.67. The number of anilines is 1. The number of carbonyl (C=O) groups is 1.